The van der Waals surface area contributed by atoms with E-state index < -0.39 is 15.7 Å². The first kappa shape index (κ1) is 11.6. The summed E-state index contributed by atoms with van der Waals surface area (Å²) in [6.45, 7) is 1.85. The normalized spacial score (nSPS) is 12.9. The van der Waals surface area contributed by atoms with Crippen LogP contribution in [-0.2, 0) is 10.8 Å². The van der Waals surface area contributed by atoms with Crippen molar-refractivity contribution >= 4 is 16.5 Å². The minimum atomic E-state index is -1.11. The Morgan fingerprint density at radius 1 is 1.40 bits per heavy atom. The first-order valence-electron chi connectivity index (χ1n) is 4.39. The van der Waals surface area contributed by atoms with Gasteiger partial charge < -0.3 is 0 Å². The van der Waals surface area contributed by atoms with Crippen LogP contribution >= 0.6 is 0 Å². The summed E-state index contributed by atoms with van der Waals surface area (Å²) < 4.78 is 11.6. The standard InChI is InChI=1S/C10H11NO3S/c1-2-3-8-15(14)10-6-4-9(5-7-10)11(12)13/h2-7H,8H2,1H3/b3-2+. The second-order valence-electron chi connectivity index (χ2n) is 2.83. The molecule has 0 aromatic heterocycles. The van der Waals surface area contributed by atoms with Crippen molar-refractivity contribution < 1.29 is 9.13 Å². The first-order valence-corrected chi connectivity index (χ1v) is 5.71. The Labute approximate surface area is 90.2 Å². The van der Waals surface area contributed by atoms with E-state index in [9.17, 15) is 14.3 Å². The highest BCUT2D eigenvalue weighted by Gasteiger charge is 2.06. The first-order chi connectivity index (χ1) is 7.15. The number of hydrogen-bond donors (Lipinski definition) is 0. The van der Waals surface area contributed by atoms with E-state index in [4.69, 9.17) is 0 Å². The van der Waals surface area contributed by atoms with Gasteiger partial charge in [0.25, 0.3) is 5.69 Å². The Morgan fingerprint density at radius 3 is 2.47 bits per heavy atom. The van der Waals surface area contributed by atoms with E-state index in [1.165, 1.54) is 24.3 Å². The molecule has 0 fully saturated rings. The van der Waals surface area contributed by atoms with Gasteiger partial charge >= 0.3 is 0 Å². The highest BCUT2D eigenvalue weighted by molar-refractivity contribution is 7.85. The lowest BCUT2D eigenvalue weighted by Crippen LogP contribution is -1.95. The molecule has 0 spiro atoms. The molecule has 1 aromatic carbocycles. The van der Waals surface area contributed by atoms with E-state index in [1.807, 2.05) is 13.0 Å². The van der Waals surface area contributed by atoms with E-state index in [-0.39, 0.29) is 5.69 Å². The molecule has 0 bridgehead atoms. The van der Waals surface area contributed by atoms with Crippen molar-refractivity contribution in [2.24, 2.45) is 0 Å². The summed E-state index contributed by atoms with van der Waals surface area (Å²) in [5, 5.41) is 10.4. The Balaban J connectivity index is 2.80. The molecule has 0 aliphatic carbocycles. The topological polar surface area (TPSA) is 60.2 Å². The summed E-state index contributed by atoms with van der Waals surface area (Å²) in [5.41, 5.74) is 0.0155. The molecular weight excluding hydrogens is 214 g/mol. The quantitative estimate of drug-likeness (QED) is 0.448. The summed E-state index contributed by atoms with van der Waals surface area (Å²) in [6.07, 6.45) is 3.63. The number of rotatable bonds is 4. The van der Waals surface area contributed by atoms with Crippen molar-refractivity contribution in [3.8, 4) is 0 Å². The number of nitro benzene ring substituents is 1. The number of non-ortho nitro benzene ring substituents is 1. The monoisotopic (exact) mass is 225 g/mol. The van der Waals surface area contributed by atoms with Gasteiger partial charge in [0.2, 0.25) is 0 Å². The molecule has 1 rings (SSSR count). The Bertz CT molecular complexity index is 398. The van der Waals surface area contributed by atoms with Crippen molar-refractivity contribution in [1.82, 2.24) is 0 Å². The van der Waals surface area contributed by atoms with Crippen molar-refractivity contribution in [1.29, 1.82) is 0 Å². The summed E-state index contributed by atoms with van der Waals surface area (Å²) in [5.74, 6) is 0.439. The number of hydrogen-bond acceptors (Lipinski definition) is 3. The van der Waals surface area contributed by atoms with Gasteiger partial charge in [-0.25, -0.2) is 0 Å². The zero-order valence-corrected chi connectivity index (χ0v) is 9.07. The van der Waals surface area contributed by atoms with E-state index in [1.54, 1.807) is 6.08 Å². The van der Waals surface area contributed by atoms with Crippen LogP contribution < -0.4 is 0 Å². The summed E-state index contributed by atoms with van der Waals surface area (Å²) >= 11 is 0. The van der Waals surface area contributed by atoms with Crippen LogP contribution in [0.15, 0.2) is 41.3 Å². The lowest BCUT2D eigenvalue weighted by Gasteiger charge is -1.98. The number of nitrogens with zero attached hydrogens (tertiary/aromatic N) is 1. The van der Waals surface area contributed by atoms with Gasteiger partial charge in [0.05, 0.1) is 15.7 Å². The molecular formula is C10H11NO3S. The van der Waals surface area contributed by atoms with Crippen molar-refractivity contribution in [2.45, 2.75) is 11.8 Å². The number of allylic oxidation sites excluding steroid dienone is 1. The van der Waals surface area contributed by atoms with Crippen LogP contribution in [0, 0.1) is 10.1 Å². The van der Waals surface area contributed by atoms with E-state index >= 15 is 0 Å². The van der Waals surface area contributed by atoms with E-state index in [0.717, 1.165) is 0 Å². The van der Waals surface area contributed by atoms with E-state index in [0.29, 0.717) is 10.6 Å². The van der Waals surface area contributed by atoms with Crippen LogP contribution in [0.5, 0.6) is 0 Å². The number of nitro groups is 1. The van der Waals surface area contributed by atoms with Crippen molar-refractivity contribution in [3.63, 3.8) is 0 Å². The van der Waals surface area contributed by atoms with Crippen molar-refractivity contribution in [2.75, 3.05) is 5.75 Å². The fourth-order valence-electron chi connectivity index (χ4n) is 0.999. The number of benzene rings is 1. The molecule has 0 aliphatic rings. The van der Waals surface area contributed by atoms with Gasteiger partial charge in [0.1, 0.15) is 0 Å². The maximum absolute atomic E-state index is 11.6. The third-order valence-electron chi connectivity index (χ3n) is 1.79. The second kappa shape index (κ2) is 5.41. The lowest BCUT2D eigenvalue weighted by molar-refractivity contribution is -0.384. The third kappa shape index (κ3) is 3.28. The fourth-order valence-corrected chi connectivity index (χ4v) is 2.00. The predicted octanol–water partition coefficient (Wildman–Crippen LogP) is 2.28. The molecule has 1 unspecified atom stereocenters. The zero-order chi connectivity index (χ0) is 11.3. The van der Waals surface area contributed by atoms with Crippen LogP contribution in [0.3, 0.4) is 0 Å². The Morgan fingerprint density at radius 2 is 2.00 bits per heavy atom. The predicted molar refractivity (Wildman–Crippen MR) is 59.2 cm³/mol. The summed E-state index contributed by atoms with van der Waals surface area (Å²) in [7, 11) is -1.11. The molecule has 15 heavy (non-hydrogen) atoms. The minimum absolute atomic E-state index is 0.0155. The molecule has 0 heterocycles. The molecule has 0 amide bonds. The zero-order valence-electron chi connectivity index (χ0n) is 8.25. The molecule has 5 heteroatoms. The molecule has 1 aromatic rings. The molecule has 4 nitrogen and oxygen atoms in total. The van der Waals surface area contributed by atoms with Crippen LogP contribution in [0.4, 0.5) is 5.69 Å². The molecule has 1 atom stereocenters. The van der Waals surface area contributed by atoms with Gasteiger partial charge in [-0.2, -0.15) is 0 Å². The average Bonchev–Trinajstić information content (AvgIpc) is 2.26. The molecule has 0 saturated heterocycles. The molecule has 0 N–H and O–H groups in total. The van der Waals surface area contributed by atoms with Crippen LogP contribution in [-0.4, -0.2) is 14.9 Å². The van der Waals surface area contributed by atoms with Gasteiger partial charge in [-0.05, 0) is 19.1 Å². The van der Waals surface area contributed by atoms with Gasteiger partial charge in [0.15, 0.2) is 0 Å². The van der Waals surface area contributed by atoms with Gasteiger partial charge in [-0.1, -0.05) is 12.2 Å². The van der Waals surface area contributed by atoms with Crippen molar-refractivity contribution in [3.05, 3.63) is 46.5 Å². The highest BCUT2D eigenvalue weighted by Crippen LogP contribution is 2.14. The highest BCUT2D eigenvalue weighted by atomic mass is 32.2. The molecule has 0 saturated carbocycles. The largest absolute Gasteiger partial charge is 0.269 e. The average molecular weight is 225 g/mol. The fraction of sp³-hybridized carbons (Fsp3) is 0.200. The van der Waals surface area contributed by atoms with Crippen LogP contribution in [0.1, 0.15) is 6.92 Å². The van der Waals surface area contributed by atoms with Gasteiger partial charge in [0, 0.05) is 22.8 Å². The maximum atomic E-state index is 11.6. The smallest absolute Gasteiger partial charge is 0.258 e. The lowest BCUT2D eigenvalue weighted by atomic mass is 10.3. The van der Waals surface area contributed by atoms with Crippen LogP contribution in [0.2, 0.25) is 0 Å². The van der Waals surface area contributed by atoms with Gasteiger partial charge in [-0.3, -0.25) is 14.3 Å². The summed E-state index contributed by atoms with van der Waals surface area (Å²) in [4.78, 5) is 10.5. The molecule has 0 aliphatic heterocycles. The SMILES string of the molecule is C/C=C/CS(=O)c1ccc([N+](=O)[O-])cc1. The van der Waals surface area contributed by atoms with Crippen LogP contribution in [0.25, 0.3) is 0 Å². The molecule has 0 radical (unpaired) electrons. The van der Waals surface area contributed by atoms with Gasteiger partial charge in [-0.15, -0.1) is 0 Å². The maximum Gasteiger partial charge on any atom is 0.269 e. The third-order valence-corrected chi connectivity index (χ3v) is 3.09. The molecule has 80 valence electrons. The Kier molecular flexibility index (Phi) is 4.17. The minimum Gasteiger partial charge on any atom is -0.258 e. The summed E-state index contributed by atoms with van der Waals surface area (Å²) in [6, 6.07) is 5.78. The Hall–Kier alpha value is -1.49. The second-order valence-corrected chi connectivity index (χ2v) is 4.33. The van der Waals surface area contributed by atoms with E-state index in [2.05, 4.69) is 0 Å².